The molecule has 0 saturated heterocycles. The zero-order valence-corrected chi connectivity index (χ0v) is 14.8. The Morgan fingerprint density at radius 1 is 1.10 bits per heavy atom. The van der Waals surface area contributed by atoms with Gasteiger partial charge in [-0.2, -0.15) is 0 Å². The average Bonchev–Trinajstić information content (AvgIpc) is 2.52. The van der Waals surface area contributed by atoms with Crippen molar-refractivity contribution in [2.75, 3.05) is 7.05 Å². The van der Waals surface area contributed by atoms with Gasteiger partial charge in [-0.3, -0.25) is 4.79 Å². The van der Waals surface area contributed by atoms with E-state index in [4.69, 9.17) is 4.74 Å². The third kappa shape index (κ3) is 6.74. The van der Waals surface area contributed by atoms with Gasteiger partial charge >= 0.3 is 5.97 Å². The van der Waals surface area contributed by atoms with Crippen molar-refractivity contribution in [1.82, 2.24) is 0 Å². The summed E-state index contributed by atoms with van der Waals surface area (Å²) in [6, 6.07) is 0. The molecular formula is C17H37NO2. The summed E-state index contributed by atoms with van der Waals surface area (Å²) in [7, 11) is 1.50. The van der Waals surface area contributed by atoms with Gasteiger partial charge < -0.3 is 10.5 Å². The van der Waals surface area contributed by atoms with Crippen molar-refractivity contribution in [3.05, 3.63) is 0 Å². The van der Waals surface area contributed by atoms with Crippen LogP contribution in [0.2, 0.25) is 0 Å². The normalized spacial score (nSPS) is 17.0. The molecule has 0 spiro atoms. The molecule has 1 saturated carbocycles. The van der Waals surface area contributed by atoms with Gasteiger partial charge in [0.2, 0.25) is 0 Å². The standard InChI is InChI=1S/C14H26O2.C2H6.CH5N/c1-5-13(3,4)12(15)16-14(6-2)10-8-7-9-11-14;2*1-2/h5-11H2,1-4H3;1-2H3;2H2,1H3. The second kappa shape index (κ2) is 11.1. The summed E-state index contributed by atoms with van der Waals surface area (Å²) >= 11 is 0. The van der Waals surface area contributed by atoms with Crippen LogP contribution < -0.4 is 5.73 Å². The summed E-state index contributed by atoms with van der Waals surface area (Å²) in [5, 5.41) is 0. The van der Waals surface area contributed by atoms with Crippen LogP contribution in [0.3, 0.4) is 0 Å². The highest BCUT2D eigenvalue weighted by atomic mass is 16.6. The summed E-state index contributed by atoms with van der Waals surface area (Å²) in [5.41, 5.74) is 4.02. The predicted octanol–water partition coefficient (Wildman–Crippen LogP) is 4.68. The second-order valence-corrected chi connectivity index (χ2v) is 5.72. The molecule has 0 unspecified atom stereocenters. The van der Waals surface area contributed by atoms with Gasteiger partial charge in [-0.1, -0.05) is 34.1 Å². The molecule has 1 aliphatic carbocycles. The van der Waals surface area contributed by atoms with E-state index in [1.165, 1.54) is 26.3 Å². The van der Waals surface area contributed by atoms with Crippen LogP contribution in [0.4, 0.5) is 0 Å². The molecule has 3 nitrogen and oxygen atoms in total. The summed E-state index contributed by atoms with van der Waals surface area (Å²) in [6.07, 6.45) is 7.59. The lowest BCUT2D eigenvalue weighted by atomic mass is 9.82. The van der Waals surface area contributed by atoms with Gasteiger partial charge in [-0.15, -0.1) is 0 Å². The van der Waals surface area contributed by atoms with E-state index in [-0.39, 0.29) is 17.0 Å². The highest BCUT2D eigenvalue weighted by Crippen LogP contribution is 2.36. The van der Waals surface area contributed by atoms with Gasteiger partial charge in [0.05, 0.1) is 5.41 Å². The molecular weight excluding hydrogens is 250 g/mol. The third-order valence-corrected chi connectivity index (χ3v) is 4.15. The molecule has 1 rings (SSSR count). The van der Waals surface area contributed by atoms with E-state index in [9.17, 15) is 4.79 Å². The molecule has 3 heteroatoms. The van der Waals surface area contributed by atoms with Gasteiger partial charge in [0.1, 0.15) is 5.60 Å². The van der Waals surface area contributed by atoms with E-state index in [1.807, 2.05) is 34.6 Å². The Morgan fingerprint density at radius 2 is 1.55 bits per heavy atom. The van der Waals surface area contributed by atoms with Crippen molar-refractivity contribution < 1.29 is 9.53 Å². The predicted molar refractivity (Wildman–Crippen MR) is 87.7 cm³/mol. The van der Waals surface area contributed by atoms with Crippen molar-refractivity contribution in [2.24, 2.45) is 11.1 Å². The van der Waals surface area contributed by atoms with Crippen LogP contribution in [0, 0.1) is 5.41 Å². The molecule has 1 aliphatic rings. The second-order valence-electron chi connectivity index (χ2n) is 5.72. The zero-order chi connectivity index (χ0) is 16.2. The monoisotopic (exact) mass is 287 g/mol. The first-order valence-electron chi connectivity index (χ1n) is 8.27. The molecule has 0 amide bonds. The van der Waals surface area contributed by atoms with E-state index in [1.54, 1.807) is 0 Å². The van der Waals surface area contributed by atoms with Crippen molar-refractivity contribution in [3.8, 4) is 0 Å². The maximum atomic E-state index is 12.1. The fourth-order valence-corrected chi connectivity index (χ4v) is 2.20. The molecule has 0 aromatic rings. The van der Waals surface area contributed by atoms with Crippen molar-refractivity contribution in [1.29, 1.82) is 0 Å². The Labute approximate surface area is 126 Å². The van der Waals surface area contributed by atoms with Crippen LogP contribution in [0.15, 0.2) is 0 Å². The van der Waals surface area contributed by atoms with Gasteiger partial charge in [0.25, 0.3) is 0 Å². The first kappa shape index (κ1) is 21.7. The molecule has 1 fully saturated rings. The number of esters is 1. The molecule has 0 aromatic carbocycles. The summed E-state index contributed by atoms with van der Waals surface area (Å²) in [6.45, 7) is 12.1. The van der Waals surface area contributed by atoms with E-state index >= 15 is 0 Å². The Morgan fingerprint density at radius 3 is 1.90 bits per heavy atom. The smallest absolute Gasteiger partial charge is 0.312 e. The van der Waals surface area contributed by atoms with E-state index in [2.05, 4.69) is 12.7 Å². The zero-order valence-electron chi connectivity index (χ0n) is 14.8. The Hall–Kier alpha value is -0.570. The van der Waals surface area contributed by atoms with Gasteiger partial charge in [-0.25, -0.2) is 0 Å². The minimum Gasteiger partial charge on any atom is -0.459 e. The van der Waals surface area contributed by atoms with Gasteiger partial charge in [0, 0.05) is 0 Å². The average molecular weight is 287 g/mol. The van der Waals surface area contributed by atoms with Crippen molar-refractivity contribution in [2.45, 2.75) is 92.1 Å². The van der Waals surface area contributed by atoms with Crippen LogP contribution >= 0.6 is 0 Å². The third-order valence-electron chi connectivity index (χ3n) is 4.15. The highest BCUT2D eigenvalue weighted by molar-refractivity contribution is 5.76. The molecule has 0 atom stereocenters. The Balaban J connectivity index is 0. The minimum absolute atomic E-state index is 0.0150. The molecule has 0 bridgehead atoms. The molecule has 20 heavy (non-hydrogen) atoms. The topological polar surface area (TPSA) is 52.3 Å². The highest BCUT2D eigenvalue weighted by Gasteiger charge is 2.38. The minimum atomic E-state index is -0.334. The van der Waals surface area contributed by atoms with Gasteiger partial charge in [-0.05, 0) is 59.4 Å². The van der Waals surface area contributed by atoms with Crippen LogP contribution in [-0.2, 0) is 9.53 Å². The van der Waals surface area contributed by atoms with Crippen LogP contribution in [0.1, 0.15) is 86.5 Å². The SMILES string of the molecule is CC.CCC1(OC(=O)C(C)(C)CC)CCCCC1.CN. The molecule has 0 radical (unpaired) electrons. The first-order valence-corrected chi connectivity index (χ1v) is 8.27. The molecule has 0 aliphatic heterocycles. The lowest BCUT2D eigenvalue weighted by Crippen LogP contribution is -2.40. The molecule has 0 aromatic heterocycles. The number of carbonyl (C=O) groups is 1. The molecule has 0 heterocycles. The maximum Gasteiger partial charge on any atom is 0.312 e. The van der Waals surface area contributed by atoms with E-state index in [0.29, 0.717) is 0 Å². The van der Waals surface area contributed by atoms with Crippen LogP contribution in [0.5, 0.6) is 0 Å². The summed E-state index contributed by atoms with van der Waals surface area (Å²) in [4.78, 5) is 12.1. The number of carbonyl (C=O) groups excluding carboxylic acids is 1. The summed E-state index contributed by atoms with van der Waals surface area (Å²) in [5.74, 6) is -0.0150. The van der Waals surface area contributed by atoms with Gasteiger partial charge in [0.15, 0.2) is 0 Å². The lowest BCUT2D eigenvalue weighted by molar-refractivity contribution is -0.174. The number of hydrogen-bond acceptors (Lipinski definition) is 3. The Kier molecular flexibility index (Phi) is 12.1. The number of hydrogen-bond donors (Lipinski definition) is 1. The fourth-order valence-electron chi connectivity index (χ4n) is 2.20. The quantitative estimate of drug-likeness (QED) is 0.764. The first-order chi connectivity index (χ1) is 9.46. The lowest BCUT2D eigenvalue weighted by Gasteiger charge is -2.38. The number of rotatable bonds is 4. The fraction of sp³-hybridized carbons (Fsp3) is 0.941. The van der Waals surface area contributed by atoms with Crippen molar-refractivity contribution >= 4 is 5.97 Å². The largest absolute Gasteiger partial charge is 0.459 e. The van der Waals surface area contributed by atoms with Crippen LogP contribution in [-0.4, -0.2) is 18.6 Å². The maximum absolute atomic E-state index is 12.1. The van der Waals surface area contributed by atoms with Crippen molar-refractivity contribution in [3.63, 3.8) is 0 Å². The Bertz CT molecular complexity index is 243. The van der Waals surface area contributed by atoms with E-state index in [0.717, 1.165) is 25.7 Å². The molecule has 2 N–H and O–H groups in total. The van der Waals surface area contributed by atoms with E-state index < -0.39 is 0 Å². The number of ether oxygens (including phenoxy) is 1. The molecule has 122 valence electrons. The number of nitrogens with two attached hydrogens (primary N) is 1. The van der Waals surface area contributed by atoms with Crippen LogP contribution in [0.25, 0.3) is 0 Å². The summed E-state index contributed by atoms with van der Waals surface area (Å²) < 4.78 is 5.84.